The number of nitrogens with zero attached hydrogens (tertiary/aromatic N) is 3. The summed E-state index contributed by atoms with van der Waals surface area (Å²) in [6.45, 7) is 1.32. The highest BCUT2D eigenvalue weighted by Gasteiger charge is 2.49. The summed E-state index contributed by atoms with van der Waals surface area (Å²) in [7, 11) is 1.54. The SMILES string of the molecule is CNC1=C2C(=O)NC(c3ccc(F)c4sc(N)c(C#N)c34)C(F)=C2NC(OC[C@@]23CCCN2CC(F)C3)=N1. The lowest BCUT2D eigenvalue weighted by atomic mass is 9.93. The van der Waals surface area contributed by atoms with E-state index in [0.29, 0.717) is 13.0 Å². The first kappa shape index (κ1) is 24.6. The Morgan fingerprint density at radius 2 is 2.24 bits per heavy atom. The van der Waals surface area contributed by atoms with Crippen molar-refractivity contribution in [3.05, 3.63) is 52.0 Å². The second-order valence-corrected chi connectivity index (χ2v) is 10.9. The van der Waals surface area contributed by atoms with Gasteiger partial charge in [-0.05, 0) is 31.0 Å². The van der Waals surface area contributed by atoms with E-state index < -0.39 is 35.3 Å². The average molecular weight is 544 g/mol. The molecule has 198 valence electrons. The predicted octanol–water partition coefficient (Wildman–Crippen LogP) is 2.83. The Labute approximate surface area is 219 Å². The molecule has 1 aromatic carbocycles. The average Bonchev–Trinajstić information content (AvgIpc) is 3.54. The number of nitriles is 1. The number of amidine groups is 1. The Morgan fingerprint density at radius 1 is 1.42 bits per heavy atom. The monoisotopic (exact) mass is 543 g/mol. The number of thiophene rings is 1. The molecule has 5 heterocycles. The van der Waals surface area contributed by atoms with Gasteiger partial charge in [0, 0.05) is 25.4 Å². The van der Waals surface area contributed by atoms with Gasteiger partial charge in [0.2, 0.25) is 0 Å². The Morgan fingerprint density at radius 3 is 3.00 bits per heavy atom. The minimum absolute atomic E-state index is 0.0223. The van der Waals surface area contributed by atoms with E-state index >= 15 is 4.39 Å². The molecule has 0 bridgehead atoms. The van der Waals surface area contributed by atoms with Crippen LogP contribution in [0.1, 0.15) is 36.4 Å². The van der Waals surface area contributed by atoms with E-state index in [1.54, 1.807) is 7.05 Å². The molecule has 1 amide bonds. The molecule has 2 unspecified atom stereocenters. The number of anilines is 1. The van der Waals surface area contributed by atoms with E-state index in [1.807, 2.05) is 6.07 Å². The van der Waals surface area contributed by atoms with Crippen LogP contribution < -0.4 is 21.7 Å². The molecule has 1 aromatic heterocycles. The molecule has 0 aliphatic carbocycles. The van der Waals surface area contributed by atoms with Crippen LogP contribution in [0.3, 0.4) is 0 Å². The number of carbonyl (C=O) groups excluding carboxylic acids is 1. The number of nitrogen functional groups attached to an aromatic ring is 1. The Balaban J connectivity index is 1.38. The molecule has 0 spiro atoms. The minimum atomic E-state index is -1.32. The summed E-state index contributed by atoms with van der Waals surface area (Å²) in [6, 6.07) is 3.10. The van der Waals surface area contributed by atoms with Crippen LogP contribution in [0, 0.1) is 17.1 Å². The largest absolute Gasteiger partial charge is 0.463 e. The molecular weight excluding hydrogens is 519 g/mol. The van der Waals surface area contributed by atoms with Gasteiger partial charge in [-0.3, -0.25) is 9.69 Å². The zero-order valence-corrected chi connectivity index (χ0v) is 21.1. The molecular formula is C25H24F3N7O2S. The summed E-state index contributed by atoms with van der Waals surface area (Å²) in [4.78, 5) is 19.6. The summed E-state index contributed by atoms with van der Waals surface area (Å²) in [5.74, 6) is -1.90. The van der Waals surface area contributed by atoms with E-state index in [9.17, 15) is 18.8 Å². The molecule has 38 heavy (non-hydrogen) atoms. The van der Waals surface area contributed by atoms with E-state index in [-0.39, 0.29) is 55.9 Å². The van der Waals surface area contributed by atoms with Crippen molar-refractivity contribution in [1.82, 2.24) is 20.9 Å². The van der Waals surface area contributed by atoms with Crippen LogP contribution in [-0.4, -0.2) is 55.3 Å². The number of rotatable bonds is 4. The van der Waals surface area contributed by atoms with Gasteiger partial charge in [-0.2, -0.15) is 10.3 Å². The molecule has 4 aliphatic heterocycles. The number of nitrogens with two attached hydrogens (primary N) is 1. The molecule has 0 saturated carbocycles. The number of halogens is 3. The van der Waals surface area contributed by atoms with Crippen molar-refractivity contribution in [2.45, 2.75) is 37.0 Å². The molecule has 13 heteroatoms. The van der Waals surface area contributed by atoms with Gasteiger partial charge in [-0.15, -0.1) is 11.3 Å². The summed E-state index contributed by atoms with van der Waals surface area (Å²) < 4.78 is 51.0. The second-order valence-electron chi connectivity index (χ2n) is 9.80. The van der Waals surface area contributed by atoms with E-state index in [0.717, 1.165) is 36.8 Å². The summed E-state index contributed by atoms with van der Waals surface area (Å²) in [5, 5.41) is 18.1. The summed E-state index contributed by atoms with van der Waals surface area (Å²) in [5.41, 5.74) is 5.50. The van der Waals surface area contributed by atoms with Crippen LogP contribution >= 0.6 is 11.3 Å². The van der Waals surface area contributed by atoms with Gasteiger partial charge in [0.15, 0.2) is 5.83 Å². The molecule has 9 nitrogen and oxygen atoms in total. The quantitative estimate of drug-likeness (QED) is 0.467. The Bertz CT molecular complexity index is 1510. The molecule has 2 saturated heterocycles. The number of hydrogen-bond donors (Lipinski definition) is 4. The van der Waals surface area contributed by atoms with Crippen molar-refractivity contribution in [3.63, 3.8) is 0 Å². The number of hydrogen-bond acceptors (Lipinski definition) is 9. The third-order valence-corrected chi connectivity index (χ3v) is 8.70. The molecule has 6 rings (SSSR count). The van der Waals surface area contributed by atoms with Crippen LogP contribution in [0.4, 0.5) is 18.2 Å². The van der Waals surface area contributed by atoms with Crippen molar-refractivity contribution >= 4 is 38.4 Å². The summed E-state index contributed by atoms with van der Waals surface area (Å²) >= 11 is 0.887. The number of aliphatic imine (C=N–C) groups is 1. The first-order chi connectivity index (χ1) is 18.3. The third-order valence-electron chi connectivity index (χ3n) is 7.68. The van der Waals surface area contributed by atoms with Crippen molar-refractivity contribution < 1.29 is 22.7 Å². The number of carbonyl (C=O) groups is 1. The second kappa shape index (κ2) is 8.92. The summed E-state index contributed by atoms with van der Waals surface area (Å²) in [6.07, 6.45) is 1.15. The maximum absolute atomic E-state index is 16.2. The first-order valence-corrected chi connectivity index (χ1v) is 13.0. The van der Waals surface area contributed by atoms with Crippen LogP contribution in [0.15, 0.2) is 40.0 Å². The highest BCUT2D eigenvalue weighted by Crippen LogP contribution is 2.44. The maximum atomic E-state index is 16.2. The number of alkyl halides is 1. The Kier molecular flexibility index (Phi) is 5.77. The maximum Gasteiger partial charge on any atom is 0.296 e. The van der Waals surface area contributed by atoms with Gasteiger partial charge in [-0.1, -0.05) is 6.07 Å². The van der Waals surface area contributed by atoms with Gasteiger partial charge in [-0.25, -0.2) is 13.2 Å². The van der Waals surface area contributed by atoms with Crippen molar-refractivity contribution in [3.8, 4) is 6.07 Å². The van der Waals surface area contributed by atoms with Crippen molar-refractivity contribution in [2.75, 3.05) is 32.5 Å². The molecule has 3 atom stereocenters. The lowest BCUT2D eigenvalue weighted by molar-refractivity contribution is -0.118. The number of nitrogens with one attached hydrogen (secondary N) is 3. The normalized spacial score (nSPS) is 27.0. The van der Waals surface area contributed by atoms with Crippen LogP contribution in [0.5, 0.6) is 0 Å². The Hall–Kier alpha value is -3.76. The molecule has 2 aromatic rings. The number of fused-ring (bicyclic) bond motifs is 3. The standard InChI is InChI=1S/C25H24F3N7O2S/c1-31-22-16-19(33-24(34-22)37-10-25-5-2-6-35(25)9-11(26)7-25)17(28)18(32-23(16)36)12-3-4-14(27)20-15(12)13(8-29)21(30)38-20/h3-4,11,18,31H,2,5-7,9-10,30H2,1H3,(H,32,36)(H,33,34)/t11?,18?,25-/m0/s1. The smallest absolute Gasteiger partial charge is 0.296 e. The van der Waals surface area contributed by atoms with Gasteiger partial charge in [0.05, 0.1) is 21.5 Å². The molecule has 0 radical (unpaired) electrons. The number of amides is 1. The fourth-order valence-corrected chi connectivity index (χ4v) is 6.92. The van der Waals surface area contributed by atoms with Crippen molar-refractivity contribution in [2.24, 2.45) is 4.99 Å². The minimum Gasteiger partial charge on any atom is -0.463 e. The number of ether oxygens (including phenoxy) is 1. The topological polar surface area (TPSA) is 128 Å². The van der Waals surface area contributed by atoms with E-state index in [1.165, 1.54) is 6.07 Å². The molecule has 2 fully saturated rings. The van der Waals surface area contributed by atoms with Gasteiger partial charge in [0.1, 0.15) is 47.1 Å². The van der Waals surface area contributed by atoms with Gasteiger partial charge < -0.3 is 26.4 Å². The first-order valence-electron chi connectivity index (χ1n) is 12.2. The molecule has 5 N–H and O–H groups in total. The third kappa shape index (κ3) is 3.62. The van der Waals surface area contributed by atoms with Crippen LogP contribution in [-0.2, 0) is 9.53 Å². The highest BCUT2D eigenvalue weighted by atomic mass is 32.1. The predicted molar refractivity (Wildman–Crippen MR) is 136 cm³/mol. The van der Waals surface area contributed by atoms with Crippen molar-refractivity contribution in [1.29, 1.82) is 5.26 Å². The fourth-order valence-electron chi connectivity index (χ4n) is 5.97. The zero-order chi connectivity index (χ0) is 26.8. The number of benzene rings is 1. The van der Waals surface area contributed by atoms with Gasteiger partial charge in [0.25, 0.3) is 11.9 Å². The fraction of sp³-hybridized carbons (Fsp3) is 0.400. The van der Waals surface area contributed by atoms with Crippen LogP contribution in [0.2, 0.25) is 0 Å². The van der Waals surface area contributed by atoms with E-state index in [4.69, 9.17) is 10.5 Å². The van der Waals surface area contributed by atoms with Crippen LogP contribution in [0.25, 0.3) is 10.1 Å². The highest BCUT2D eigenvalue weighted by molar-refractivity contribution is 7.23. The van der Waals surface area contributed by atoms with Gasteiger partial charge >= 0.3 is 0 Å². The lowest BCUT2D eigenvalue weighted by Gasteiger charge is -2.34. The lowest BCUT2D eigenvalue weighted by Crippen LogP contribution is -2.47. The zero-order valence-electron chi connectivity index (χ0n) is 20.3. The van der Waals surface area contributed by atoms with E-state index in [2.05, 4.69) is 25.8 Å². The molecule has 4 aliphatic rings.